The van der Waals surface area contributed by atoms with Crippen LogP contribution in [0, 0.1) is 12.3 Å². The van der Waals surface area contributed by atoms with Crippen LogP contribution in [-0.4, -0.2) is 63.3 Å². The van der Waals surface area contributed by atoms with Gasteiger partial charge in [-0.15, -0.1) is 0 Å². The molecule has 0 spiro atoms. The van der Waals surface area contributed by atoms with Gasteiger partial charge in [-0.05, 0) is 42.4 Å². The van der Waals surface area contributed by atoms with Crippen LogP contribution in [0.1, 0.15) is 66.8 Å². The van der Waals surface area contributed by atoms with Gasteiger partial charge in [0, 0.05) is 31.2 Å². The zero-order valence-electron chi connectivity index (χ0n) is 17.6. The molecular formula is C22H30N2O5. The lowest BCUT2D eigenvalue weighted by Gasteiger charge is -2.63. The number of piperazine rings is 1. The second kappa shape index (κ2) is 6.71. The highest BCUT2D eigenvalue weighted by Gasteiger charge is 2.57. The highest BCUT2D eigenvalue weighted by atomic mass is 16.5. The fourth-order valence-electron chi connectivity index (χ4n) is 5.49. The summed E-state index contributed by atoms with van der Waals surface area (Å²) in [5, 5.41) is 20.8. The molecule has 4 aliphatic rings. The highest BCUT2D eigenvalue weighted by molar-refractivity contribution is 5.93. The van der Waals surface area contributed by atoms with Gasteiger partial charge in [-0.2, -0.15) is 0 Å². The van der Waals surface area contributed by atoms with Gasteiger partial charge in [-0.1, -0.05) is 26.8 Å². The van der Waals surface area contributed by atoms with Crippen LogP contribution in [-0.2, 0) is 11.3 Å². The van der Waals surface area contributed by atoms with Crippen molar-refractivity contribution in [2.45, 2.75) is 64.8 Å². The van der Waals surface area contributed by atoms with E-state index in [9.17, 15) is 19.8 Å². The summed E-state index contributed by atoms with van der Waals surface area (Å²) in [5.41, 5.74) is 2.49. The number of carboxylic acid groups (broad SMARTS) is 1. The molecule has 1 aromatic carbocycles. The number of nitrogens with zero attached hydrogens (tertiary/aromatic N) is 2. The first kappa shape index (κ1) is 20.2. The van der Waals surface area contributed by atoms with Crippen molar-refractivity contribution in [2.24, 2.45) is 5.41 Å². The van der Waals surface area contributed by atoms with E-state index in [4.69, 9.17) is 4.74 Å². The third-order valence-corrected chi connectivity index (χ3v) is 7.38. The van der Waals surface area contributed by atoms with E-state index in [1.54, 1.807) is 11.0 Å². The van der Waals surface area contributed by atoms with Crippen LogP contribution in [0.4, 0.5) is 4.79 Å². The number of aliphatic hydroxyl groups is 1. The fraction of sp³-hybridized carbons (Fsp3) is 0.636. The Hall–Kier alpha value is -2.12. The average molecular weight is 402 g/mol. The van der Waals surface area contributed by atoms with Crippen LogP contribution in [0.5, 0.6) is 0 Å². The average Bonchev–Trinajstić information content (AvgIpc) is 3.03. The van der Waals surface area contributed by atoms with Gasteiger partial charge in [0.1, 0.15) is 6.61 Å². The topological polar surface area (TPSA) is 90.3 Å². The standard InChI is InChI=1S/C22H30N2O5/c1-13-15(5-6-16-17(13)11-29-19(16)26)18(25)10-23-12-22(21(2,3)4)8-7-14(23)9-24(22)20(27)28/h5-6,14,18,25H,7-12H2,1-4H3,(H,27,28). The summed E-state index contributed by atoms with van der Waals surface area (Å²) in [6.07, 6.45) is 0.214. The number of benzene rings is 1. The molecule has 7 nitrogen and oxygen atoms in total. The smallest absolute Gasteiger partial charge is 0.407 e. The van der Waals surface area contributed by atoms with Crippen LogP contribution in [0.15, 0.2) is 12.1 Å². The minimum absolute atomic E-state index is 0.115. The number of hydrogen-bond donors (Lipinski definition) is 2. The summed E-state index contributed by atoms with van der Waals surface area (Å²) in [4.78, 5) is 27.6. The molecule has 3 saturated heterocycles. The molecule has 0 aromatic heterocycles. The Bertz CT molecular complexity index is 861. The van der Waals surface area contributed by atoms with E-state index in [2.05, 4.69) is 25.7 Å². The monoisotopic (exact) mass is 402 g/mol. The minimum Gasteiger partial charge on any atom is -0.465 e. The zero-order valence-corrected chi connectivity index (χ0v) is 17.6. The molecule has 2 N–H and O–H groups in total. The molecular weight excluding hydrogens is 372 g/mol. The summed E-state index contributed by atoms with van der Waals surface area (Å²) in [6.45, 7) is 10.0. The summed E-state index contributed by atoms with van der Waals surface area (Å²) < 4.78 is 5.12. The number of amides is 1. The predicted octanol–water partition coefficient (Wildman–Crippen LogP) is 2.94. The van der Waals surface area contributed by atoms with Crippen LogP contribution >= 0.6 is 0 Å². The molecule has 1 amide bonds. The molecule has 0 aliphatic carbocycles. The fourth-order valence-corrected chi connectivity index (χ4v) is 5.49. The van der Waals surface area contributed by atoms with Crippen molar-refractivity contribution in [3.8, 4) is 0 Å². The Kier molecular flexibility index (Phi) is 4.66. The van der Waals surface area contributed by atoms with Gasteiger partial charge in [-0.25, -0.2) is 9.59 Å². The van der Waals surface area contributed by atoms with Crippen LogP contribution in [0.3, 0.4) is 0 Å². The predicted molar refractivity (Wildman–Crippen MR) is 107 cm³/mol. The van der Waals surface area contributed by atoms with Gasteiger partial charge in [0.05, 0.1) is 17.2 Å². The normalized spacial score (nSPS) is 27.7. The van der Waals surface area contributed by atoms with Crippen molar-refractivity contribution in [3.05, 3.63) is 34.4 Å². The molecule has 4 heterocycles. The maximum absolute atomic E-state index is 11.9. The molecule has 0 saturated carbocycles. The summed E-state index contributed by atoms with van der Waals surface area (Å²) in [7, 11) is 0. The lowest BCUT2D eigenvalue weighted by atomic mass is 9.64. The van der Waals surface area contributed by atoms with Crippen LogP contribution in [0.2, 0.25) is 0 Å². The molecule has 2 bridgehead atoms. The van der Waals surface area contributed by atoms with Gasteiger partial charge in [-0.3, -0.25) is 9.80 Å². The number of rotatable bonds is 3. The SMILES string of the molecule is Cc1c(C(O)CN2CC3(C(C)(C)C)CCC2CN3C(=O)O)ccc2c1COC2=O. The number of aliphatic hydroxyl groups excluding tert-OH is 1. The summed E-state index contributed by atoms with van der Waals surface area (Å²) in [6, 6.07) is 3.67. The van der Waals surface area contributed by atoms with Gasteiger partial charge in [0.15, 0.2) is 0 Å². The first-order valence-corrected chi connectivity index (χ1v) is 10.3. The Labute approximate surface area is 171 Å². The molecule has 3 fully saturated rings. The number of piperidine rings is 2. The number of esters is 1. The Morgan fingerprint density at radius 1 is 1.38 bits per heavy atom. The van der Waals surface area contributed by atoms with Gasteiger partial charge < -0.3 is 14.9 Å². The zero-order chi connectivity index (χ0) is 21.1. The molecule has 4 aliphatic heterocycles. The number of cyclic esters (lactones) is 1. The molecule has 0 radical (unpaired) electrons. The van der Waals surface area contributed by atoms with E-state index in [0.717, 1.165) is 29.5 Å². The number of carbonyl (C=O) groups excluding carboxylic acids is 1. The second-order valence-corrected chi connectivity index (χ2v) is 9.69. The van der Waals surface area contributed by atoms with E-state index in [-0.39, 0.29) is 24.0 Å². The second-order valence-electron chi connectivity index (χ2n) is 9.69. The molecule has 158 valence electrons. The largest absolute Gasteiger partial charge is 0.465 e. The van der Waals surface area contributed by atoms with Crippen LogP contribution < -0.4 is 0 Å². The van der Waals surface area contributed by atoms with Crippen molar-refractivity contribution < 1.29 is 24.5 Å². The minimum atomic E-state index is -0.857. The maximum atomic E-state index is 11.9. The molecule has 5 rings (SSSR count). The van der Waals surface area contributed by atoms with Crippen molar-refractivity contribution in [1.82, 2.24) is 9.80 Å². The van der Waals surface area contributed by atoms with Crippen molar-refractivity contribution in [3.63, 3.8) is 0 Å². The number of hydrogen-bond acceptors (Lipinski definition) is 5. The van der Waals surface area contributed by atoms with Crippen molar-refractivity contribution in [1.29, 1.82) is 0 Å². The quantitative estimate of drug-likeness (QED) is 0.756. The Balaban J connectivity index is 1.58. The first-order valence-electron chi connectivity index (χ1n) is 10.3. The summed E-state index contributed by atoms with van der Waals surface area (Å²) in [5.74, 6) is -0.307. The third-order valence-electron chi connectivity index (χ3n) is 7.38. The Morgan fingerprint density at radius 3 is 2.76 bits per heavy atom. The number of carbonyl (C=O) groups is 2. The van der Waals surface area contributed by atoms with E-state index in [0.29, 0.717) is 25.2 Å². The van der Waals surface area contributed by atoms with E-state index < -0.39 is 17.7 Å². The van der Waals surface area contributed by atoms with E-state index in [1.165, 1.54) is 0 Å². The van der Waals surface area contributed by atoms with Gasteiger partial charge in [0.25, 0.3) is 0 Å². The lowest BCUT2D eigenvalue weighted by Crippen LogP contribution is -2.75. The van der Waals surface area contributed by atoms with E-state index in [1.807, 2.05) is 13.0 Å². The van der Waals surface area contributed by atoms with E-state index >= 15 is 0 Å². The molecule has 3 unspecified atom stereocenters. The summed E-state index contributed by atoms with van der Waals surface area (Å²) >= 11 is 0. The number of fused-ring (bicyclic) bond motifs is 4. The van der Waals surface area contributed by atoms with Gasteiger partial charge >= 0.3 is 12.1 Å². The third kappa shape index (κ3) is 3.02. The maximum Gasteiger partial charge on any atom is 0.407 e. The van der Waals surface area contributed by atoms with Gasteiger partial charge in [0.2, 0.25) is 0 Å². The molecule has 7 heteroatoms. The first-order chi connectivity index (χ1) is 13.5. The van der Waals surface area contributed by atoms with Crippen molar-refractivity contribution >= 4 is 12.1 Å². The molecule has 3 atom stereocenters. The number of ether oxygens (including phenoxy) is 1. The van der Waals surface area contributed by atoms with Crippen LogP contribution in [0.25, 0.3) is 0 Å². The Morgan fingerprint density at radius 2 is 2.10 bits per heavy atom. The van der Waals surface area contributed by atoms with Crippen molar-refractivity contribution in [2.75, 3.05) is 19.6 Å². The lowest BCUT2D eigenvalue weighted by molar-refractivity contribution is -0.127. The highest BCUT2D eigenvalue weighted by Crippen LogP contribution is 2.48. The molecule has 1 aromatic rings. The molecule has 29 heavy (non-hydrogen) atoms.